The number of phenolic OH excluding ortho intramolecular Hbond substituents is 1. The average molecular weight is 273 g/mol. The van der Waals surface area contributed by atoms with E-state index in [1.807, 2.05) is 24.3 Å². The normalized spacial score (nSPS) is 12.1. The maximum atomic E-state index is 10.0. The molecule has 0 aromatic heterocycles. The molecule has 4 nitrogen and oxygen atoms in total. The second-order valence-corrected chi connectivity index (χ2v) is 4.55. The second-order valence-electron chi connectivity index (χ2n) is 4.55. The lowest BCUT2D eigenvalue weighted by atomic mass is 10.1. The van der Waals surface area contributed by atoms with Crippen LogP contribution in [-0.4, -0.2) is 23.9 Å². The van der Waals surface area contributed by atoms with Crippen LogP contribution in [0.5, 0.6) is 11.5 Å². The largest absolute Gasteiger partial charge is 0.508 e. The van der Waals surface area contributed by atoms with Crippen LogP contribution in [0.1, 0.15) is 17.2 Å². The van der Waals surface area contributed by atoms with Crippen molar-refractivity contribution in [3.8, 4) is 11.5 Å². The molecule has 0 spiro atoms. The molecule has 0 aliphatic heterocycles. The van der Waals surface area contributed by atoms with Gasteiger partial charge >= 0.3 is 0 Å². The molecule has 0 saturated carbocycles. The van der Waals surface area contributed by atoms with Crippen LogP contribution in [0.4, 0.5) is 0 Å². The summed E-state index contributed by atoms with van der Waals surface area (Å²) in [5.41, 5.74) is 1.73. The Hall–Kier alpha value is -2.04. The zero-order chi connectivity index (χ0) is 14.4. The molecule has 0 aliphatic carbocycles. The van der Waals surface area contributed by atoms with E-state index in [1.165, 1.54) is 0 Å². The molecule has 106 valence electrons. The molecule has 2 rings (SSSR count). The average Bonchev–Trinajstić information content (AvgIpc) is 2.47. The van der Waals surface area contributed by atoms with Gasteiger partial charge in [-0.1, -0.05) is 30.3 Å². The standard InChI is InChI=1S/C16H19NO3/c1-20-16-8-3-2-5-13(16)10-17-11-15(19)12-6-4-7-14(18)9-12/h2-9,15,17-19H,10-11H2,1H3/t15-/m1/s1. The van der Waals surface area contributed by atoms with Crippen LogP contribution >= 0.6 is 0 Å². The number of ether oxygens (including phenoxy) is 1. The topological polar surface area (TPSA) is 61.7 Å². The molecule has 0 unspecified atom stereocenters. The minimum Gasteiger partial charge on any atom is -0.508 e. The second kappa shape index (κ2) is 6.93. The van der Waals surface area contributed by atoms with E-state index in [0.717, 1.165) is 11.3 Å². The van der Waals surface area contributed by atoms with E-state index in [1.54, 1.807) is 31.4 Å². The summed E-state index contributed by atoms with van der Waals surface area (Å²) in [6, 6.07) is 14.4. The third-order valence-corrected chi connectivity index (χ3v) is 3.10. The minimum absolute atomic E-state index is 0.159. The smallest absolute Gasteiger partial charge is 0.123 e. The Balaban J connectivity index is 1.89. The summed E-state index contributed by atoms with van der Waals surface area (Å²) < 4.78 is 5.27. The van der Waals surface area contributed by atoms with E-state index in [-0.39, 0.29) is 5.75 Å². The van der Waals surface area contributed by atoms with Crippen molar-refractivity contribution in [3.05, 3.63) is 59.7 Å². The molecule has 0 bridgehead atoms. The number of phenols is 1. The van der Waals surface area contributed by atoms with Crippen molar-refractivity contribution in [1.29, 1.82) is 0 Å². The van der Waals surface area contributed by atoms with Gasteiger partial charge in [0.05, 0.1) is 13.2 Å². The summed E-state index contributed by atoms with van der Waals surface area (Å²) in [7, 11) is 1.64. The molecule has 4 heteroatoms. The number of nitrogens with one attached hydrogen (secondary N) is 1. The van der Waals surface area contributed by atoms with Crippen LogP contribution in [0.2, 0.25) is 0 Å². The van der Waals surface area contributed by atoms with Crippen LogP contribution < -0.4 is 10.1 Å². The Morgan fingerprint density at radius 3 is 2.70 bits per heavy atom. The highest BCUT2D eigenvalue weighted by Crippen LogP contribution is 2.19. The van der Waals surface area contributed by atoms with Gasteiger partial charge < -0.3 is 20.3 Å². The Morgan fingerprint density at radius 1 is 1.15 bits per heavy atom. The fraction of sp³-hybridized carbons (Fsp3) is 0.250. The summed E-state index contributed by atoms with van der Waals surface area (Å²) in [4.78, 5) is 0. The first-order valence-electron chi connectivity index (χ1n) is 6.50. The Kier molecular flexibility index (Phi) is 4.98. The monoisotopic (exact) mass is 273 g/mol. The Labute approximate surface area is 118 Å². The highest BCUT2D eigenvalue weighted by molar-refractivity contribution is 5.33. The van der Waals surface area contributed by atoms with Gasteiger partial charge in [-0.2, -0.15) is 0 Å². The number of rotatable bonds is 6. The number of hydrogen-bond acceptors (Lipinski definition) is 4. The lowest BCUT2D eigenvalue weighted by Gasteiger charge is -2.14. The molecule has 20 heavy (non-hydrogen) atoms. The predicted molar refractivity (Wildman–Crippen MR) is 77.8 cm³/mol. The van der Waals surface area contributed by atoms with Gasteiger partial charge in [0, 0.05) is 18.7 Å². The molecule has 0 saturated heterocycles. The number of para-hydroxylation sites is 1. The van der Waals surface area contributed by atoms with E-state index in [0.29, 0.717) is 18.7 Å². The number of aromatic hydroxyl groups is 1. The quantitative estimate of drug-likeness (QED) is 0.755. The molecule has 0 heterocycles. The zero-order valence-electron chi connectivity index (χ0n) is 11.4. The first kappa shape index (κ1) is 14.4. The van der Waals surface area contributed by atoms with Gasteiger partial charge in [-0.05, 0) is 23.8 Å². The maximum Gasteiger partial charge on any atom is 0.123 e. The Bertz CT molecular complexity index is 557. The van der Waals surface area contributed by atoms with E-state index in [2.05, 4.69) is 5.32 Å². The third-order valence-electron chi connectivity index (χ3n) is 3.10. The summed E-state index contributed by atoms with van der Waals surface area (Å²) in [5, 5.41) is 22.6. The fourth-order valence-corrected chi connectivity index (χ4v) is 2.04. The number of hydrogen-bond donors (Lipinski definition) is 3. The number of aliphatic hydroxyl groups excluding tert-OH is 1. The van der Waals surface area contributed by atoms with Crippen molar-refractivity contribution >= 4 is 0 Å². The first-order chi connectivity index (χ1) is 9.70. The van der Waals surface area contributed by atoms with Gasteiger partial charge in [-0.25, -0.2) is 0 Å². The van der Waals surface area contributed by atoms with E-state index in [9.17, 15) is 10.2 Å². The lowest BCUT2D eigenvalue weighted by Crippen LogP contribution is -2.21. The lowest BCUT2D eigenvalue weighted by molar-refractivity contribution is 0.174. The third kappa shape index (κ3) is 3.73. The van der Waals surface area contributed by atoms with E-state index >= 15 is 0 Å². The van der Waals surface area contributed by atoms with Crippen molar-refractivity contribution < 1.29 is 14.9 Å². The van der Waals surface area contributed by atoms with Crippen molar-refractivity contribution in [2.75, 3.05) is 13.7 Å². The van der Waals surface area contributed by atoms with Crippen LogP contribution in [0.15, 0.2) is 48.5 Å². The summed E-state index contributed by atoms with van der Waals surface area (Å²) in [6.07, 6.45) is -0.656. The summed E-state index contributed by atoms with van der Waals surface area (Å²) in [5.74, 6) is 0.984. The van der Waals surface area contributed by atoms with Gasteiger partial charge in [0.15, 0.2) is 0 Å². The maximum absolute atomic E-state index is 10.0. The molecule has 0 aliphatic rings. The van der Waals surface area contributed by atoms with Gasteiger partial charge in [0.2, 0.25) is 0 Å². The van der Waals surface area contributed by atoms with Gasteiger partial charge in [0.25, 0.3) is 0 Å². The molecular weight excluding hydrogens is 254 g/mol. The van der Waals surface area contributed by atoms with Crippen LogP contribution in [0, 0.1) is 0 Å². The molecule has 3 N–H and O–H groups in total. The molecule has 0 amide bonds. The van der Waals surface area contributed by atoms with Gasteiger partial charge in [-0.3, -0.25) is 0 Å². The Morgan fingerprint density at radius 2 is 1.95 bits per heavy atom. The van der Waals surface area contributed by atoms with Crippen molar-refractivity contribution in [3.63, 3.8) is 0 Å². The van der Waals surface area contributed by atoms with E-state index < -0.39 is 6.10 Å². The highest BCUT2D eigenvalue weighted by Gasteiger charge is 2.08. The van der Waals surface area contributed by atoms with Gasteiger partial charge in [-0.15, -0.1) is 0 Å². The molecule has 2 aromatic rings. The van der Waals surface area contributed by atoms with Crippen molar-refractivity contribution in [1.82, 2.24) is 5.32 Å². The minimum atomic E-state index is -0.656. The molecular formula is C16H19NO3. The first-order valence-corrected chi connectivity index (χ1v) is 6.50. The molecule has 0 radical (unpaired) electrons. The molecule has 2 aromatic carbocycles. The SMILES string of the molecule is COc1ccccc1CNC[C@@H](O)c1cccc(O)c1. The highest BCUT2D eigenvalue weighted by atomic mass is 16.5. The van der Waals surface area contributed by atoms with Crippen molar-refractivity contribution in [2.24, 2.45) is 0 Å². The zero-order valence-corrected chi connectivity index (χ0v) is 11.4. The van der Waals surface area contributed by atoms with E-state index in [4.69, 9.17) is 4.74 Å². The molecule has 0 fully saturated rings. The van der Waals surface area contributed by atoms with Crippen molar-refractivity contribution in [2.45, 2.75) is 12.6 Å². The summed E-state index contributed by atoms with van der Waals surface area (Å²) in [6.45, 7) is 1.02. The van der Waals surface area contributed by atoms with Gasteiger partial charge in [0.1, 0.15) is 11.5 Å². The number of aliphatic hydroxyl groups is 1. The van der Waals surface area contributed by atoms with Crippen LogP contribution in [-0.2, 0) is 6.54 Å². The van der Waals surface area contributed by atoms with Crippen LogP contribution in [0.25, 0.3) is 0 Å². The molecule has 1 atom stereocenters. The predicted octanol–water partition coefficient (Wildman–Crippen LogP) is 2.22. The summed E-state index contributed by atoms with van der Waals surface area (Å²) >= 11 is 0. The van der Waals surface area contributed by atoms with Crippen LogP contribution in [0.3, 0.4) is 0 Å². The number of benzene rings is 2. The fourth-order valence-electron chi connectivity index (χ4n) is 2.04. The number of methoxy groups -OCH3 is 1.